The van der Waals surface area contributed by atoms with Gasteiger partial charge in [0, 0.05) is 6.54 Å². The minimum Gasteiger partial charge on any atom is -0.364 e. The molecule has 1 aromatic heterocycles. The lowest BCUT2D eigenvalue weighted by Crippen LogP contribution is -2.13. The van der Waals surface area contributed by atoms with Gasteiger partial charge in [-0.25, -0.2) is 9.97 Å². The van der Waals surface area contributed by atoms with Crippen LogP contribution in [0.25, 0.3) is 0 Å². The fraction of sp³-hybridized carbons (Fsp3) is 0.667. The summed E-state index contributed by atoms with van der Waals surface area (Å²) in [5, 5.41) is 13.8. The summed E-state index contributed by atoms with van der Waals surface area (Å²) in [7, 11) is 0. The van der Waals surface area contributed by atoms with Gasteiger partial charge in [-0.1, -0.05) is 43.7 Å². The molecular weight excluding hydrogens is 268 g/mol. The molecule has 0 aliphatic heterocycles. The Morgan fingerprint density at radius 2 is 2.11 bits per heavy atom. The third-order valence-corrected chi connectivity index (χ3v) is 3.81. The first-order valence-corrected chi connectivity index (χ1v) is 6.95. The molecule has 0 atom stereocenters. The van der Waals surface area contributed by atoms with E-state index < -0.39 is 4.92 Å². The highest BCUT2D eigenvalue weighted by Crippen LogP contribution is 2.29. The predicted molar refractivity (Wildman–Crippen MR) is 73.4 cm³/mol. The van der Waals surface area contributed by atoms with Crippen LogP contribution in [0, 0.1) is 16.0 Å². The zero-order valence-corrected chi connectivity index (χ0v) is 11.4. The average molecular weight is 285 g/mol. The van der Waals surface area contributed by atoms with E-state index >= 15 is 0 Å². The van der Waals surface area contributed by atoms with E-state index in [0.717, 1.165) is 12.3 Å². The first kappa shape index (κ1) is 14.0. The first-order valence-electron chi connectivity index (χ1n) is 6.57. The summed E-state index contributed by atoms with van der Waals surface area (Å²) in [6, 6.07) is 0. The summed E-state index contributed by atoms with van der Waals surface area (Å²) in [6.07, 6.45) is 8.69. The molecule has 0 amide bonds. The second-order valence-corrected chi connectivity index (χ2v) is 5.20. The Morgan fingerprint density at radius 1 is 1.37 bits per heavy atom. The largest absolute Gasteiger partial charge is 0.364 e. The van der Waals surface area contributed by atoms with Gasteiger partial charge in [-0.05, 0) is 12.3 Å². The summed E-state index contributed by atoms with van der Waals surface area (Å²) in [5.74, 6) is 0.929. The summed E-state index contributed by atoms with van der Waals surface area (Å²) in [6.45, 7) is 0.679. The number of aromatic nitrogens is 2. The molecule has 1 aromatic rings. The molecule has 0 spiro atoms. The molecule has 1 saturated carbocycles. The first-order chi connectivity index (χ1) is 9.18. The Labute approximate surface area is 116 Å². The highest BCUT2D eigenvalue weighted by atomic mass is 35.5. The Bertz CT molecular complexity index is 449. The SMILES string of the molecule is O=[N+]([O-])c1c(Cl)ncnc1NCCC1CCCCC1. The summed E-state index contributed by atoms with van der Waals surface area (Å²) in [4.78, 5) is 17.9. The van der Waals surface area contributed by atoms with Gasteiger partial charge in [-0.2, -0.15) is 0 Å². The number of anilines is 1. The number of nitro groups is 1. The van der Waals surface area contributed by atoms with Crippen LogP contribution in [0.3, 0.4) is 0 Å². The Hall–Kier alpha value is -1.43. The number of hydrogen-bond donors (Lipinski definition) is 1. The molecule has 1 aliphatic rings. The molecule has 0 unspecified atom stereocenters. The molecule has 1 heterocycles. The quantitative estimate of drug-likeness (QED) is 0.509. The van der Waals surface area contributed by atoms with Crippen LogP contribution in [0.1, 0.15) is 38.5 Å². The van der Waals surface area contributed by atoms with Gasteiger partial charge in [0.05, 0.1) is 4.92 Å². The normalized spacial score (nSPS) is 16.3. The maximum absolute atomic E-state index is 10.9. The molecule has 1 N–H and O–H groups in total. The molecule has 6 nitrogen and oxygen atoms in total. The van der Waals surface area contributed by atoms with Gasteiger partial charge in [-0.15, -0.1) is 0 Å². The number of nitrogens with zero attached hydrogens (tertiary/aromatic N) is 3. The van der Waals surface area contributed by atoms with Crippen molar-refractivity contribution in [3.63, 3.8) is 0 Å². The molecule has 0 radical (unpaired) electrons. The molecule has 1 aliphatic carbocycles. The van der Waals surface area contributed by atoms with Crippen molar-refractivity contribution in [1.29, 1.82) is 0 Å². The van der Waals surface area contributed by atoms with Crippen LogP contribution in [0.15, 0.2) is 6.33 Å². The van der Waals surface area contributed by atoms with E-state index in [1.807, 2.05) is 0 Å². The lowest BCUT2D eigenvalue weighted by Gasteiger charge is -2.21. The number of nitrogens with one attached hydrogen (secondary N) is 1. The van der Waals surface area contributed by atoms with E-state index in [1.54, 1.807) is 0 Å². The Morgan fingerprint density at radius 3 is 2.79 bits per heavy atom. The summed E-state index contributed by atoms with van der Waals surface area (Å²) in [5.41, 5.74) is -0.243. The van der Waals surface area contributed by atoms with Gasteiger partial charge in [-0.3, -0.25) is 10.1 Å². The van der Waals surface area contributed by atoms with E-state index in [9.17, 15) is 10.1 Å². The second kappa shape index (κ2) is 6.65. The lowest BCUT2D eigenvalue weighted by molar-refractivity contribution is -0.384. The van der Waals surface area contributed by atoms with Gasteiger partial charge < -0.3 is 5.32 Å². The van der Waals surface area contributed by atoms with Gasteiger partial charge in [0.25, 0.3) is 0 Å². The van der Waals surface area contributed by atoms with E-state index in [1.165, 1.54) is 38.4 Å². The van der Waals surface area contributed by atoms with Crippen LogP contribution < -0.4 is 5.32 Å². The van der Waals surface area contributed by atoms with Crippen molar-refractivity contribution in [3.05, 3.63) is 21.6 Å². The molecule has 19 heavy (non-hydrogen) atoms. The molecular formula is C12H17ClN4O2. The van der Waals surface area contributed by atoms with Crippen LogP contribution in [-0.4, -0.2) is 21.4 Å². The van der Waals surface area contributed by atoms with Gasteiger partial charge in [0.2, 0.25) is 11.0 Å². The Balaban J connectivity index is 1.92. The van der Waals surface area contributed by atoms with Crippen molar-refractivity contribution >= 4 is 23.1 Å². The maximum atomic E-state index is 10.9. The number of rotatable bonds is 5. The molecule has 7 heteroatoms. The third kappa shape index (κ3) is 3.76. The molecule has 2 rings (SSSR count). The van der Waals surface area contributed by atoms with Crippen LogP contribution in [-0.2, 0) is 0 Å². The number of hydrogen-bond acceptors (Lipinski definition) is 5. The van der Waals surface area contributed by atoms with Crippen molar-refractivity contribution in [1.82, 2.24) is 9.97 Å². The van der Waals surface area contributed by atoms with E-state index in [4.69, 9.17) is 11.6 Å². The molecule has 104 valence electrons. The third-order valence-electron chi connectivity index (χ3n) is 3.53. The zero-order valence-electron chi connectivity index (χ0n) is 10.6. The van der Waals surface area contributed by atoms with Crippen molar-refractivity contribution in [2.24, 2.45) is 5.92 Å². The zero-order chi connectivity index (χ0) is 13.7. The van der Waals surface area contributed by atoms with E-state index in [2.05, 4.69) is 15.3 Å². The highest BCUT2D eigenvalue weighted by Gasteiger charge is 2.21. The fourth-order valence-electron chi connectivity index (χ4n) is 2.52. The van der Waals surface area contributed by atoms with Crippen molar-refractivity contribution in [2.45, 2.75) is 38.5 Å². The second-order valence-electron chi connectivity index (χ2n) is 4.84. The topological polar surface area (TPSA) is 81.0 Å². The highest BCUT2D eigenvalue weighted by molar-refractivity contribution is 6.31. The standard InChI is InChI=1S/C12H17ClN4O2/c13-11-10(17(18)19)12(16-8-15-11)14-7-6-9-4-2-1-3-5-9/h8-9H,1-7H2,(H,14,15,16). The van der Waals surface area contributed by atoms with Crippen LogP contribution in [0.4, 0.5) is 11.5 Å². The number of halogens is 1. The fourth-order valence-corrected chi connectivity index (χ4v) is 2.72. The van der Waals surface area contributed by atoms with Gasteiger partial charge >= 0.3 is 5.69 Å². The molecule has 0 bridgehead atoms. The van der Waals surface area contributed by atoms with Crippen LogP contribution in [0.2, 0.25) is 5.15 Å². The van der Waals surface area contributed by atoms with E-state index in [-0.39, 0.29) is 16.7 Å². The smallest absolute Gasteiger partial charge is 0.348 e. The van der Waals surface area contributed by atoms with Crippen molar-refractivity contribution < 1.29 is 4.92 Å². The summed E-state index contributed by atoms with van der Waals surface area (Å²) >= 11 is 5.72. The molecule has 1 fully saturated rings. The maximum Gasteiger partial charge on any atom is 0.348 e. The van der Waals surface area contributed by atoms with Crippen LogP contribution >= 0.6 is 11.6 Å². The van der Waals surface area contributed by atoms with Crippen molar-refractivity contribution in [2.75, 3.05) is 11.9 Å². The molecule has 0 aromatic carbocycles. The minimum atomic E-state index is -0.550. The predicted octanol–water partition coefficient (Wildman–Crippen LogP) is 3.42. The van der Waals surface area contributed by atoms with Crippen LogP contribution in [0.5, 0.6) is 0 Å². The molecule has 0 saturated heterocycles. The van der Waals surface area contributed by atoms with Gasteiger partial charge in [0.15, 0.2) is 0 Å². The van der Waals surface area contributed by atoms with Crippen molar-refractivity contribution in [3.8, 4) is 0 Å². The summed E-state index contributed by atoms with van der Waals surface area (Å²) < 4.78 is 0. The average Bonchev–Trinajstić information content (AvgIpc) is 2.39. The minimum absolute atomic E-state index is 0.125. The monoisotopic (exact) mass is 284 g/mol. The van der Waals surface area contributed by atoms with Gasteiger partial charge in [0.1, 0.15) is 6.33 Å². The lowest BCUT2D eigenvalue weighted by atomic mass is 9.87. The van der Waals surface area contributed by atoms with E-state index in [0.29, 0.717) is 6.54 Å². The Kier molecular flexibility index (Phi) is 4.90.